The number of carbonyl (C=O) groups is 1. The van der Waals surface area contributed by atoms with E-state index in [1.54, 1.807) is 0 Å². The van der Waals surface area contributed by atoms with Crippen LogP contribution in [0, 0.1) is 5.82 Å². The molecule has 0 saturated carbocycles. The van der Waals surface area contributed by atoms with Crippen LogP contribution in [-0.2, 0) is 0 Å². The molecule has 0 saturated heterocycles. The number of carboxylic acids is 1. The van der Waals surface area contributed by atoms with Crippen LogP contribution >= 0.6 is 0 Å². The molecule has 21 heavy (non-hydrogen) atoms. The van der Waals surface area contributed by atoms with E-state index in [9.17, 15) is 14.3 Å². The molecule has 0 bridgehead atoms. The summed E-state index contributed by atoms with van der Waals surface area (Å²) in [6.45, 7) is 0. The van der Waals surface area contributed by atoms with Gasteiger partial charge in [-0.15, -0.1) is 0 Å². The molecule has 7 heteroatoms. The molecule has 1 aromatic carbocycles. The van der Waals surface area contributed by atoms with E-state index >= 15 is 0 Å². The van der Waals surface area contributed by atoms with E-state index in [2.05, 4.69) is 15.1 Å². The number of nitrogens with zero attached hydrogens (tertiary/aromatic N) is 4. The number of rotatable bonds is 3. The maximum atomic E-state index is 12.9. The minimum atomic E-state index is -1.12. The second kappa shape index (κ2) is 5.12. The Morgan fingerprint density at radius 3 is 2.57 bits per heavy atom. The number of carboxylic acid groups (broad SMARTS) is 1. The molecule has 0 aliphatic rings. The summed E-state index contributed by atoms with van der Waals surface area (Å²) >= 11 is 0. The topological polar surface area (TPSA) is 80.9 Å². The molecule has 6 nitrogen and oxygen atoms in total. The van der Waals surface area contributed by atoms with Crippen molar-refractivity contribution < 1.29 is 14.3 Å². The number of halogens is 1. The van der Waals surface area contributed by atoms with Gasteiger partial charge in [0.1, 0.15) is 22.8 Å². The Balaban J connectivity index is 2.13. The third-order valence-corrected chi connectivity index (χ3v) is 2.84. The molecule has 2 aromatic heterocycles. The van der Waals surface area contributed by atoms with E-state index in [4.69, 9.17) is 0 Å². The molecular weight excluding hydrogens is 275 g/mol. The van der Waals surface area contributed by atoms with Crippen LogP contribution in [0.4, 0.5) is 4.39 Å². The van der Waals surface area contributed by atoms with E-state index in [1.165, 1.54) is 53.7 Å². The summed E-state index contributed by atoms with van der Waals surface area (Å²) in [4.78, 5) is 19.3. The van der Waals surface area contributed by atoms with Gasteiger partial charge in [0.15, 0.2) is 0 Å². The Hall–Kier alpha value is -3.09. The van der Waals surface area contributed by atoms with Crippen molar-refractivity contribution in [3.05, 3.63) is 60.4 Å². The maximum Gasteiger partial charge on any atom is 0.339 e. The summed E-state index contributed by atoms with van der Waals surface area (Å²) in [6.07, 6.45) is 5.74. The smallest absolute Gasteiger partial charge is 0.339 e. The molecule has 3 rings (SSSR count). The largest absolute Gasteiger partial charge is 0.478 e. The predicted molar refractivity (Wildman–Crippen MR) is 71.5 cm³/mol. The molecule has 0 fully saturated rings. The van der Waals surface area contributed by atoms with Gasteiger partial charge in [-0.2, -0.15) is 5.10 Å². The highest BCUT2D eigenvalue weighted by atomic mass is 19.1. The van der Waals surface area contributed by atoms with Crippen molar-refractivity contribution in [3.8, 4) is 17.1 Å². The van der Waals surface area contributed by atoms with Crippen LogP contribution in [0.1, 0.15) is 10.4 Å². The highest BCUT2D eigenvalue weighted by Crippen LogP contribution is 2.21. The minimum Gasteiger partial charge on any atom is -0.478 e. The molecule has 3 aromatic rings. The highest BCUT2D eigenvalue weighted by Gasteiger charge is 2.18. The number of aromatic carboxylic acids is 1. The molecule has 2 heterocycles. The molecular formula is C14H9FN4O2. The van der Waals surface area contributed by atoms with Gasteiger partial charge in [-0.3, -0.25) is 9.97 Å². The fraction of sp³-hybridized carbons (Fsp3) is 0. The molecule has 0 radical (unpaired) electrons. The number of hydrogen-bond donors (Lipinski definition) is 1. The molecule has 1 N–H and O–H groups in total. The summed E-state index contributed by atoms with van der Waals surface area (Å²) in [5, 5.41) is 13.5. The van der Waals surface area contributed by atoms with Crippen LogP contribution in [0.2, 0.25) is 0 Å². The standard InChI is InChI=1S/C14H9FN4O2/c15-9-1-3-10(4-2-9)19-8-11(14(20)21)13(18-19)12-7-16-5-6-17-12/h1-8H,(H,20,21). The number of aromatic nitrogens is 4. The minimum absolute atomic E-state index is 0.000162. The summed E-state index contributed by atoms with van der Waals surface area (Å²) in [5.74, 6) is -1.50. The Kier molecular flexibility index (Phi) is 3.15. The van der Waals surface area contributed by atoms with Crippen LogP contribution in [0.5, 0.6) is 0 Å². The van der Waals surface area contributed by atoms with Crippen molar-refractivity contribution in [1.29, 1.82) is 0 Å². The van der Waals surface area contributed by atoms with Crippen molar-refractivity contribution in [2.24, 2.45) is 0 Å². The van der Waals surface area contributed by atoms with Crippen molar-refractivity contribution in [2.75, 3.05) is 0 Å². The molecule has 0 spiro atoms. The second-order valence-electron chi connectivity index (χ2n) is 4.21. The fourth-order valence-electron chi connectivity index (χ4n) is 1.87. The monoisotopic (exact) mass is 284 g/mol. The first kappa shape index (κ1) is 12.9. The normalized spacial score (nSPS) is 10.5. The SMILES string of the molecule is O=C(O)c1cn(-c2ccc(F)cc2)nc1-c1cnccn1. The van der Waals surface area contributed by atoms with Crippen molar-refractivity contribution in [2.45, 2.75) is 0 Å². The lowest BCUT2D eigenvalue weighted by Gasteiger charge is -2.00. The molecule has 0 atom stereocenters. The lowest BCUT2D eigenvalue weighted by molar-refractivity contribution is 0.0697. The average Bonchev–Trinajstić information content (AvgIpc) is 2.94. The first-order valence-corrected chi connectivity index (χ1v) is 6.00. The van der Waals surface area contributed by atoms with E-state index in [0.29, 0.717) is 11.4 Å². The van der Waals surface area contributed by atoms with Crippen LogP contribution in [0.3, 0.4) is 0 Å². The third-order valence-electron chi connectivity index (χ3n) is 2.84. The Bertz CT molecular complexity index is 784. The van der Waals surface area contributed by atoms with Gasteiger partial charge in [0.2, 0.25) is 0 Å². The van der Waals surface area contributed by atoms with Crippen LogP contribution in [-0.4, -0.2) is 30.8 Å². The lowest BCUT2D eigenvalue weighted by Crippen LogP contribution is -1.97. The average molecular weight is 284 g/mol. The zero-order valence-electron chi connectivity index (χ0n) is 10.6. The van der Waals surface area contributed by atoms with E-state index in [0.717, 1.165) is 0 Å². The van der Waals surface area contributed by atoms with Crippen LogP contribution < -0.4 is 0 Å². The van der Waals surface area contributed by atoms with Gasteiger partial charge < -0.3 is 5.11 Å². The van der Waals surface area contributed by atoms with Crippen molar-refractivity contribution in [1.82, 2.24) is 19.7 Å². The van der Waals surface area contributed by atoms with Gasteiger partial charge >= 0.3 is 5.97 Å². The first-order valence-electron chi connectivity index (χ1n) is 6.00. The Morgan fingerprint density at radius 1 is 1.19 bits per heavy atom. The summed E-state index contributed by atoms with van der Waals surface area (Å²) < 4.78 is 14.3. The van der Waals surface area contributed by atoms with Crippen molar-refractivity contribution in [3.63, 3.8) is 0 Å². The molecule has 104 valence electrons. The van der Waals surface area contributed by atoms with Crippen LogP contribution in [0.15, 0.2) is 49.1 Å². The molecule has 0 unspecified atom stereocenters. The number of benzene rings is 1. The zero-order valence-corrected chi connectivity index (χ0v) is 10.6. The van der Waals surface area contributed by atoms with E-state index in [1.807, 2.05) is 0 Å². The Morgan fingerprint density at radius 2 is 1.95 bits per heavy atom. The quantitative estimate of drug-likeness (QED) is 0.797. The second-order valence-corrected chi connectivity index (χ2v) is 4.21. The van der Waals surface area contributed by atoms with E-state index in [-0.39, 0.29) is 17.1 Å². The van der Waals surface area contributed by atoms with Gasteiger partial charge in [0.25, 0.3) is 0 Å². The van der Waals surface area contributed by atoms with Gasteiger partial charge in [-0.05, 0) is 24.3 Å². The van der Waals surface area contributed by atoms with Gasteiger partial charge in [-0.25, -0.2) is 13.9 Å². The van der Waals surface area contributed by atoms with Gasteiger partial charge in [-0.1, -0.05) is 0 Å². The highest BCUT2D eigenvalue weighted by molar-refractivity contribution is 5.94. The molecule has 0 aliphatic carbocycles. The summed E-state index contributed by atoms with van der Waals surface area (Å²) in [5.41, 5.74) is 1.12. The molecule has 0 aliphatic heterocycles. The number of hydrogen-bond acceptors (Lipinski definition) is 4. The summed E-state index contributed by atoms with van der Waals surface area (Å²) in [7, 11) is 0. The fourth-order valence-corrected chi connectivity index (χ4v) is 1.87. The first-order chi connectivity index (χ1) is 10.1. The van der Waals surface area contributed by atoms with Crippen LogP contribution in [0.25, 0.3) is 17.1 Å². The van der Waals surface area contributed by atoms with Gasteiger partial charge in [0, 0.05) is 18.6 Å². The van der Waals surface area contributed by atoms with E-state index < -0.39 is 5.97 Å². The Labute approximate surface area is 118 Å². The lowest BCUT2D eigenvalue weighted by atomic mass is 10.2. The van der Waals surface area contributed by atoms with Crippen molar-refractivity contribution >= 4 is 5.97 Å². The zero-order chi connectivity index (χ0) is 14.8. The summed E-state index contributed by atoms with van der Waals surface area (Å²) in [6, 6.07) is 5.57. The predicted octanol–water partition coefficient (Wildman–Crippen LogP) is 2.17. The molecule has 0 amide bonds. The maximum absolute atomic E-state index is 12.9. The third kappa shape index (κ3) is 2.48. The van der Waals surface area contributed by atoms with Gasteiger partial charge in [0.05, 0.1) is 11.9 Å².